The van der Waals surface area contributed by atoms with E-state index >= 15 is 0 Å². The van der Waals surface area contributed by atoms with Crippen LogP contribution in [0.5, 0.6) is 0 Å². The number of likely N-dealkylation sites (N-methyl/N-ethyl adjacent to an activating group) is 1. The normalized spacial score (nSPS) is 29.5. The highest BCUT2D eigenvalue weighted by molar-refractivity contribution is 5.78. The quantitative estimate of drug-likeness (QED) is 0.849. The first-order valence-corrected chi connectivity index (χ1v) is 6.01. The smallest absolute Gasteiger partial charge is 0.134 e. The minimum atomic E-state index is -0.252. The molecule has 0 bridgehead atoms. The van der Waals surface area contributed by atoms with Crippen LogP contribution in [-0.4, -0.2) is 24.3 Å². The zero-order valence-electron chi connectivity index (χ0n) is 10.1. The Bertz CT molecular complexity index is 548. The predicted molar refractivity (Wildman–Crippen MR) is 67.0 cm³/mol. The maximum Gasteiger partial charge on any atom is 0.134 e. The molecule has 1 aromatic heterocycles. The summed E-state index contributed by atoms with van der Waals surface area (Å²) in [6, 6.07) is 8.42. The van der Waals surface area contributed by atoms with Crippen molar-refractivity contribution >= 4 is 11.0 Å². The van der Waals surface area contributed by atoms with Crippen LogP contribution in [0, 0.1) is 0 Å². The molecule has 1 aliphatic carbocycles. The molecule has 3 nitrogen and oxygen atoms in total. The summed E-state index contributed by atoms with van der Waals surface area (Å²) in [5.41, 5.74) is 1.91. The van der Waals surface area contributed by atoms with Crippen molar-refractivity contribution in [3.63, 3.8) is 0 Å². The number of rotatable bonds is 3. The third kappa shape index (κ3) is 1.43. The van der Waals surface area contributed by atoms with Gasteiger partial charge in [-0.25, -0.2) is 0 Å². The molecule has 1 saturated carbocycles. The minimum absolute atomic E-state index is 0.143. The molecular formula is C14H17NO2. The van der Waals surface area contributed by atoms with Crippen molar-refractivity contribution in [3.05, 3.63) is 36.1 Å². The van der Waals surface area contributed by atoms with E-state index in [0.717, 1.165) is 23.0 Å². The summed E-state index contributed by atoms with van der Waals surface area (Å²) >= 11 is 0. The van der Waals surface area contributed by atoms with Gasteiger partial charge in [-0.05, 0) is 38.1 Å². The Hall–Kier alpha value is -1.32. The van der Waals surface area contributed by atoms with Gasteiger partial charge < -0.3 is 14.8 Å². The number of aliphatic hydroxyl groups excluding tert-OH is 1. The van der Waals surface area contributed by atoms with E-state index in [1.807, 2.05) is 13.1 Å². The summed E-state index contributed by atoms with van der Waals surface area (Å²) < 4.78 is 5.43. The van der Waals surface area contributed by atoms with Gasteiger partial charge in [0.25, 0.3) is 0 Å². The topological polar surface area (TPSA) is 45.4 Å². The highest BCUT2D eigenvalue weighted by Gasteiger charge is 2.58. The van der Waals surface area contributed by atoms with Crippen molar-refractivity contribution in [2.75, 3.05) is 7.05 Å². The summed E-state index contributed by atoms with van der Waals surface area (Å²) in [4.78, 5) is 0. The third-order valence-corrected chi connectivity index (χ3v) is 4.16. The number of fused-ring (bicyclic) bond motifs is 1. The second-order valence-corrected chi connectivity index (χ2v) is 4.94. The van der Waals surface area contributed by atoms with Crippen molar-refractivity contribution in [1.82, 2.24) is 5.32 Å². The highest BCUT2D eigenvalue weighted by atomic mass is 16.3. The van der Waals surface area contributed by atoms with Crippen molar-refractivity contribution in [2.45, 2.75) is 30.9 Å². The first-order valence-electron chi connectivity index (χ1n) is 6.01. The SMILES string of the molecule is CN[C@@H](C)C1(c2ccc3ccoc3c2)CC1O. The zero-order chi connectivity index (χ0) is 12.0. The molecule has 1 fully saturated rings. The Morgan fingerprint density at radius 3 is 2.88 bits per heavy atom. The van der Waals surface area contributed by atoms with Gasteiger partial charge in [-0.2, -0.15) is 0 Å². The van der Waals surface area contributed by atoms with E-state index < -0.39 is 0 Å². The molecule has 0 aliphatic heterocycles. The van der Waals surface area contributed by atoms with Crippen LogP contribution in [0.25, 0.3) is 11.0 Å². The molecule has 3 heteroatoms. The van der Waals surface area contributed by atoms with E-state index in [1.165, 1.54) is 0 Å². The lowest BCUT2D eigenvalue weighted by molar-refractivity contribution is 0.232. The lowest BCUT2D eigenvalue weighted by Crippen LogP contribution is -2.37. The Morgan fingerprint density at radius 2 is 2.24 bits per heavy atom. The molecule has 1 heterocycles. The average molecular weight is 231 g/mol. The van der Waals surface area contributed by atoms with Gasteiger partial charge in [0.15, 0.2) is 0 Å². The van der Waals surface area contributed by atoms with Gasteiger partial charge in [-0.15, -0.1) is 0 Å². The fourth-order valence-corrected chi connectivity index (χ4v) is 2.79. The van der Waals surface area contributed by atoms with Crippen LogP contribution in [0.4, 0.5) is 0 Å². The van der Waals surface area contributed by atoms with Crippen LogP contribution in [0.15, 0.2) is 34.9 Å². The van der Waals surface area contributed by atoms with E-state index in [4.69, 9.17) is 4.42 Å². The first kappa shape index (κ1) is 10.8. The summed E-state index contributed by atoms with van der Waals surface area (Å²) in [6.07, 6.45) is 2.27. The van der Waals surface area contributed by atoms with Gasteiger partial charge in [0.2, 0.25) is 0 Å². The van der Waals surface area contributed by atoms with Crippen molar-refractivity contribution in [2.24, 2.45) is 0 Å². The van der Waals surface area contributed by atoms with Crippen molar-refractivity contribution < 1.29 is 9.52 Å². The molecule has 2 N–H and O–H groups in total. The molecule has 3 atom stereocenters. The average Bonchev–Trinajstić information content (AvgIpc) is 2.83. The molecule has 0 saturated heterocycles. The van der Waals surface area contributed by atoms with Gasteiger partial charge >= 0.3 is 0 Å². The second-order valence-electron chi connectivity index (χ2n) is 4.94. The highest BCUT2D eigenvalue weighted by Crippen LogP contribution is 2.51. The van der Waals surface area contributed by atoms with Crippen LogP contribution in [0.3, 0.4) is 0 Å². The maximum atomic E-state index is 9.98. The summed E-state index contributed by atoms with van der Waals surface area (Å²) in [5.74, 6) is 0. The summed E-state index contributed by atoms with van der Waals surface area (Å²) in [7, 11) is 1.93. The number of furan rings is 1. The van der Waals surface area contributed by atoms with Crippen molar-refractivity contribution in [1.29, 1.82) is 0 Å². The zero-order valence-corrected chi connectivity index (χ0v) is 10.1. The summed E-state index contributed by atoms with van der Waals surface area (Å²) in [5, 5.41) is 14.3. The second kappa shape index (κ2) is 3.59. The molecule has 3 rings (SSSR count). The Labute approximate surface area is 100 Å². The Morgan fingerprint density at radius 1 is 1.47 bits per heavy atom. The molecule has 2 aromatic rings. The molecule has 0 spiro atoms. The Kier molecular flexibility index (Phi) is 2.28. The van der Waals surface area contributed by atoms with Crippen molar-refractivity contribution in [3.8, 4) is 0 Å². The monoisotopic (exact) mass is 231 g/mol. The fourth-order valence-electron chi connectivity index (χ4n) is 2.79. The molecule has 1 aliphatic rings. The van der Waals surface area contributed by atoms with Gasteiger partial charge in [-0.3, -0.25) is 0 Å². The molecule has 1 aromatic carbocycles. The number of hydrogen-bond acceptors (Lipinski definition) is 3. The fraction of sp³-hybridized carbons (Fsp3) is 0.429. The molecular weight excluding hydrogens is 214 g/mol. The van der Waals surface area contributed by atoms with Gasteiger partial charge in [-0.1, -0.05) is 12.1 Å². The minimum Gasteiger partial charge on any atom is -0.464 e. The Balaban J connectivity index is 2.07. The standard InChI is InChI=1S/C14H17NO2/c1-9(15-2)14(8-13(14)16)11-4-3-10-5-6-17-12(10)7-11/h3-7,9,13,15-16H,8H2,1-2H3/t9-,13?,14?/m0/s1. The predicted octanol–water partition coefficient (Wildman–Crippen LogP) is 2.04. The largest absolute Gasteiger partial charge is 0.464 e. The molecule has 0 radical (unpaired) electrons. The lowest BCUT2D eigenvalue weighted by Gasteiger charge is -2.24. The van der Waals surface area contributed by atoms with Crippen LogP contribution in [-0.2, 0) is 5.41 Å². The third-order valence-electron chi connectivity index (χ3n) is 4.16. The van der Waals surface area contributed by atoms with E-state index in [0.29, 0.717) is 0 Å². The number of aliphatic hydroxyl groups is 1. The van der Waals surface area contributed by atoms with Crippen LogP contribution in [0.1, 0.15) is 18.9 Å². The summed E-state index contributed by atoms with van der Waals surface area (Å²) in [6.45, 7) is 2.11. The molecule has 90 valence electrons. The molecule has 2 unspecified atom stereocenters. The van der Waals surface area contributed by atoms with E-state index in [9.17, 15) is 5.11 Å². The number of benzene rings is 1. The van der Waals surface area contributed by atoms with Gasteiger partial charge in [0, 0.05) is 16.8 Å². The van der Waals surface area contributed by atoms with Crippen LogP contribution in [0.2, 0.25) is 0 Å². The van der Waals surface area contributed by atoms with E-state index in [2.05, 4.69) is 30.4 Å². The van der Waals surface area contributed by atoms with Gasteiger partial charge in [0.05, 0.1) is 12.4 Å². The van der Waals surface area contributed by atoms with Gasteiger partial charge in [0.1, 0.15) is 5.58 Å². The first-order chi connectivity index (χ1) is 8.18. The number of hydrogen-bond donors (Lipinski definition) is 2. The van der Waals surface area contributed by atoms with E-state index in [-0.39, 0.29) is 17.6 Å². The molecule has 17 heavy (non-hydrogen) atoms. The molecule has 0 amide bonds. The lowest BCUT2D eigenvalue weighted by atomic mass is 9.88. The maximum absolute atomic E-state index is 9.98. The van der Waals surface area contributed by atoms with E-state index in [1.54, 1.807) is 6.26 Å². The van der Waals surface area contributed by atoms with Crippen LogP contribution >= 0.6 is 0 Å². The van der Waals surface area contributed by atoms with Crippen LogP contribution < -0.4 is 5.32 Å². The number of nitrogens with one attached hydrogen (secondary N) is 1.